The second-order valence-electron chi connectivity index (χ2n) is 5.36. The van der Waals surface area contributed by atoms with Gasteiger partial charge in [-0.3, -0.25) is 0 Å². The van der Waals surface area contributed by atoms with Crippen molar-refractivity contribution < 1.29 is 8.78 Å². The highest BCUT2D eigenvalue weighted by atomic mass is 32.2. The molecule has 0 amide bonds. The Balaban J connectivity index is 1.51. The number of alkyl halides is 2. The van der Waals surface area contributed by atoms with E-state index < -0.39 is 5.76 Å². The third-order valence-corrected chi connectivity index (χ3v) is 4.82. The van der Waals surface area contributed by atoms with Gasteiger partial charge in [0.1, 0.15) is 0 Å². The van der Waals surface area contributed by atoms with Crippen molar-refractivity contribution in [2.45, 2.75) is 10.7 Å². The Morgan fingerprint density at radius 1 is 1.08 bits per heavy atom. The smallest absolute Gasteiger partial charge is 0.288 e. The first-order valence-electron chi connectivity index (χ1n) is 7.74. The third-order valence-electron chi connectivity index (χ3n) is 3.73. The predicted molar refractivity (Wildman–Crippen MR) is 100 cm³/mol. The van der Waals surface area contributed by atoms with Crippen LogP contribution in [0.25, 0.3) is 0 Å². The molecular formula is C16H17F2N5S2. The van der Waals surface area contributed by atoms with Gasteiger partial charge in [0.2, 0.25) is 5.95 Å². The van der Waals surface area contributed by atoms with Crippen LogP contribution >= 0.6 is 24.0 Å². The van der Waals surface area contributed by atoms with Crippen molar-refractivity contribution in [2.24, 2.45) is 0 Å². The van der Waals surface area contributed by atoms with E-state index in [2.05, 4.69) is 25.1 Å². The van der Waals surface area contributed by atoms with Crippen LogP contribution in [0.1, 0.15) is 0 Å². The van der Waals surface area contributed by atoms with E-state index in [1.165, 1.54) is 0 Å². The SMILES string of the molecule is FC(F)Sc1ccc(NC(=S)N2CCN(c3ncccn3)CC2)cc1. The molecular weight excluding hydrogens is 364 g/mol. The van der Waals surface area contributed by atoms with Crippen LogP contribution in [0.15, 0.2) is 47.6 Å². The summed E-state index contributed by atoms with van der Waals surface area (Å²) in [5.74, 6) is -1.68. The number of anilines is 2. The molecule has 0 saturated carbocycles. The molecule has 2 heterocycles. The lowest BCUT2D eigenvalue weighted by molar-refractivity contribution is 0.252. The van der Waals surface area contributed by atoms with E-state index in [1.807, 2.05) is 0 Å². The summed E-state index contributed by atoms with van der Waals surface area (Å²) in [4.78, 5) is 13.3. The highest BCUT2D eigenvalue weighted by molar-refractivity contribution is 7.99. The highest BCUT2D eigenvalue weighted by Crippen LogP contribution is 2.26. The predicted octanol–water partition coefficient (Wildman–Crippen LogP) is 3.31. The molecule has 0 aliphatic carbocycles. The normalized spacial score (nSPS) is 14.7. The molecule has 1 aromatic carbocycles. The van der Waals surface area contributed by atoms with Crippen molar-refractivity contribution in [2.75, 3.05) is 36.4 Å². The van der Waals surface area contributed by atoms with Gasteiger partial charge < -0.3 is 15.1 Å². The molecule has 25 heavy (non-hydrogen) atoms. The lowest BCUT2D eigenvalue weighted by atomic mass is 10.3. The number of nitrogens with zero attached hydrogens (tertiary/aromatic N) is 4. The number of aromatic nitrogens is 2. The number of benzene rings is 1. The number of thiocarbonyl (C=S) groups is 1. The first-order valence-corrected chi connectivity index (χ1v) is 9.03. The van der Waals surface area contributed by atoms with Gasteiger partial charge in [0, 0.05) is 49.2 Å². The second-order valence-corrected chi connectivity index (χ2v) is 6.81. The molecule has 5 nitrogen and oxygen atoms in total. The summed E-state index contributed by atoms with van der Waals surface area (Å²) in [5.41, 5.74) is 0.789. The summed E-state index contributed by atoms with van der Waals surface area (Å²) >= 11 is 5.98. The molecule has 3 rings (SSSR count). The summed E-state index contributed by atoms with van der Waals surface area (Å²) in [6.07, 6.45) is 3.47. The van der Waals surface area contributed by atoms with Crippen LogP contribution in [0.4, 0.5) is 20.4 Å². The number of rotatable bonds is 4. The molecule has 0 radical (unpaired) electrons. The molecule has 1 aliphatic rings. The van der Waals surface area contributed by atoms with E-state index in [0.29, 0.717) is 21.8 Å². The molecule has 1 aliphatic heterocycles. The van der Waals surface area contributed by atoms with Crippen molar-refractivity contribution in [3.63, 3.8) is 0 Å². The van der Waals surface area contributed by atoms with Crippen LogP contribution in [0.2, 0.25) is 0 Å². The number of halogens is 2. The van der Waals surface area contributed by atoms with E-state index >= 15 is 0 Å². The number of piperazine rings is 1. The molecule has 1 N–H and O–H groups in total. The van der Waals surface area contributed by atoms with Crippen molar-refractivity contribution in [1.82, 2.24) is 14.9 Å². The van der Waals surface area contributed by atoms with Crippen molar-refractivity contribution in [3.05, 3.63) is 42.7 Å². The van der Waals surface area contributed by atoms with Gasteiger partial charge >= 0.3 is 0 Å². The van der Waals surface area contributed by atoms with Crippen LogP contribution in [0, 0.1) is 0 Å². The van der Waals surface area contributed by atoms with E-state index in [9.17, 15) is 8.78 Å². The van der Waals surface area contributed by atoms with Gasteiger partial charge in [0.25, 0.3) is 5.76 Å². The number of thioether (sulfide) groups is 1. The maximum absolute atomic E-state index is 12.3. The second kappa shape index (κ2) is 8.39. The fourth-order valence-electron chi connectivity index (χ4n) is 2.49. The monoisotopic (exact) mass is 381 g/mol. The van der Waals surface area contributed by atoms with Gasteiger partial charge in [-0.25, -0.2) is 9.97 Å². The fraction of sp³-hybridized carbons (Fsp3) is 0.312. The molecule has 0 unspecified atom stereocenters. The molecule has 2 aromatic rings. The summed E-state index contributed by atoms with van der Waals surface area (Å²) < 4.78 is 24.7. The number of hydrogen-bond acceptors (Lipinski definition) is 5. The van der Waals surface area contributed by atoms with Gasteiger partial charge in [-0.1, -0.05) is 11.8 Å². The van der Waals surface area contributed by atoms with Crippen LogP contribution in [-0.4, -0.2) is 51.9 Å². The molecule has 0 atom stereocenters. The van der Waals surface area contributed by atoms with E-state index in [-0.39, 0.29) is 0 Å². The quantitative estimate of drug-likeness (QED) is 0.644. The Hall–Kier alpha value is -2.00. The average molecular weight is 381 g/mol. The lowest BCUT2D eigenvalue weighted by Crippen LogP contribution is -2.50. The summed E-state index contributed by atoms with van der Waals surface area (Å²) in [5, 5.41) is 3.79. The molecule has 1 aromatic heterocycles. The zero-order valence-corrected chi connectivity index (χ0v) is 14.9. The standard InChI is InChI=1S/C16H17F2N5S2/c17-14(18)25-13-4-2-12(3-5-13)21-16(24)23-10-8-22(9-11-23)15-19-6-1-7-20-15/h1-7,14H,8-11H2,(H,21,24). The fourth-order valence-corrected chi connectivity index (χ4v) is 3.29. The van der Waals surface area contributed by atoms with E-state index in [1.54, 1.807) is 42.7 Å². The third kappa shape index (κ3) is 4.99. The van der Waals surface area contributed by atoms with Gasteiger partial charge in [-0.15, -0.1) is 0 Å². The number of nitrogens with one attached hydrogen (secondary N) is 1. The van der Waals surface area contributed by atoms with Crippen LogP contribution in [0.3, 0.4) is 0 Å². The highest BCUT2D eigenvalue weighted by Gasteiger charge is 2.20. The zero-order valence-electron chi connectivity index (χ0n) is 13.3. The topological polar surface area (TPSA) is 44.3 Å². The van der Waals surface area contributed by atoms with Crippen LogP contribution < -0.4 is 10.2 Å². The minimum absolute atomic E-state index is 0.530. The van der Waals surface area contributed by atoms with E-state index in [4.69, 9.17) is 12.2 Å². The lowest BCUT2D eigenvalue weighted by Gasteiger charge is -2.36. The van der Waals surface area contributed by atoms with Crippen LogP contribution in [-0.2, 0) is 0 Å². The summed E-state index contributed by atoms with van der Waals surface area (Å²) in [6, 6.07) is 8.62. The van der Waals surface area contributed by atoms with Crippen molar-refractivity contribution in [3.8, 4) is 0 Å². The molecule has 0 spiro atoms. The summed E-state index contributed by atoms with van der Waals surface area (Å²) in [7, 11) is 0. The maximum atomic E-state index is 12.3. The molecule has 0 bridgehead atoms. The minimum Gasteiger partial charge on any atom is -0.345 e. The number of hydrogen-bond donors (Lipinski definition) is 1. The van der Waals surface area contributed by atoms with E-state index in [0.717, 1.165) is 37.8 Å². The molecule has 1 fully saturated rings. The molecule has 1 saturated heterocycles. The van der Waals surface area contributed by atoms with Gasteiger partial charge in [-0.2, -0.15) is 8.78 Å². The Morgan fingerprint density at radius 3 is 2.32 bits per heavy atom. The first-order chi connectivity index (χ1) is 12.1. The van der Waals surface area contributed by atoms with Crippen molar-refractivity contribution in [1.29, 1.82) is 0 Å². The molecule has 132 valence electrons. The Morgan fingerprint density at radius 2 is 1.72 bits per heavy atom. The average Bonchev–Trinajstić information content (AvgIpc) is 2.64. The largest absolute Gasteiger partial charge is 0.345 e. The zero-order chi connectivity index (χ0) is 17.6. The first kappa shape index (κ1) is 17.8. The minimum atomic E-state index is -2.41. The van der Waals surface area contributed by atoms with Crippen LogP contribution in [0.5, 0.6) is 0 Å². The van der Waals surface area contributed by atoms with Gasteiger partial charge in [0.15, 0.2) is 5.11 Å². The Kier molecular flexibility index (Phi) is 5.98. The van der Waals surface area contributed by atoms with Gasteiger partial charge in [-0.05, 0) is 42.5 Å². The maximum Gasteiger partial charge on any atom is 0.288 e. The van der Waals surface area contributed by atoms with Crippen molar-refractivity contribution >= 4 is 40.7 Å². The Bertz CT molecular complexity index is 691. The Labute approximate surface area is 154 Å². The van der Waals surface area contributed by atoms with Gasteiger partial charge in [0.05, 0.1) is 0 Å². The molecule has 9 heteroatoms. The summed E-state index contributed by atoms with van der Waals surface area (Å²) in [6.45, 7) is 3.11.